The van der Waals surface area contributed by atoms with Crippen molar-refractivity contribution in [1.29, 1.82) is 0 Å². The highest BCUT2D eigenvalue weighted by Gasteiger charge is 2.17. The van der Waals surface area contributed by atoms with Crippen LogP contribution in [0.5, 0.6) is 0 Å². The van der Waals surface area contributed by atoms with Gasteiger partial charge in [0.1, 0.15) is 0 Å². The summed E-state index contributed by atoms with van der Waals surface area (Å²) in [5.41, 5.74) is 5.55. The Balaban J connectivity index is 1.32. The van der Waals surface area contributed by atoms with Gasteiger partial charge in [-0.2, -0.15) is 0 Å². The maximum atomic E-state index is 5.13. The molecule has 0 amide bonds. The summed E-state index contributed by atoms with van der Waals surface area (Å²) in [6.45, 7) is 0. The number of fused-ring (bicyclic) bond motifs is 3. The lowest BCUT2D eigenvalue weighted by atomic mass is 9.97. The predicted molar refractivity (Wildman–Crippen MR) is 173 cm³/mol. The monoisotopic (exact) mass is 537 g/mol. The largest absolute Gasteiger partial charge is 0.208 e. The molecule has 0 spiro atoms. The maximum absolute atomic E-state index is 5.13. The van der Waals surface area contributed by atoms with Gasteiger partial charge in [0.25, 0.3) is 0 Å². The molecule has 198 valence electrons. The first-order valence-electron chi connectivity index (χ1n) is 14.4. The summed E-state index contributed by atoms with van der Waals surface area (Å²) in [6.07, 6.45) is 4.17. The van der Waals surface area contributed by atoms with Crippen LogP contribution in [-0.2, 0) is 0 Å². The molecule has 8 rings (SSSR count). The van der Waals surface area contributed by atoms with Gasteiger partial charge in [-0.3, -0.25) is 0 Å². The van der Waals surface area contributed by atoms with E-state index in [-0.39, 0.29) is 0 Å². The molecule has 0 atom stereocenters. The molecule has 0 N–H and O–H groups in total. The van der Waals surface area contributed by atoms with Crippen molar-refractivity contribution in [2.24, 2.45) is 0 Å². The number of aromatic nitrogens is 3. The molecule has 6 aromatic carbocycles. The van der Waals surface area contributed by atoms with Gasteiger partial charge in [0.05, 0.1) is 0 Å². The Morgan fingerprint density at radius 2 is 1.00 bits per heavy atom. The lowest BCUT2D eigenvalue weighted by Crippen LogP contribution is -2.30. The van der Waals surface area contributed by atoms with Gasteiger partial charge in [-0.1, -0.05) is 140 Å². The molecular formula is C39H27N3. The number of rotatable bonds is 4. The van der Waals surface area contributed by atoms with Crippen LogP contribution in [0.3, 0.4) is 0 Å². The van der Waals surface area contributed by atoms with E-state index in [0.717, 1.165) is 35.2 Å². The van der Waals surface area contributed by atoms with Crippen molar-refractivity contribution in [3.05, 3.63) is 150 Å². The quantitative estimate of drug-likeness (QED) is 0.229. The molecular weight excluding hydrogens is 510 g/mol. The Morgan fingerprint density at radius 1 is 0.429 bits per heavy atom. The number of hydrogen-bond donors (Lipinski definition) is 0. The summed E-state index contributed by atoms with van der Waals surface area (Å²) < 4.78 is 0. The smallest absolute Gasteiger partial charge is 0.164 e. The van der Waals surface area contributed by atoms with E-state index < -0.39 is 0 Å². The van der Waals surface area contributed by atoms with Crippen molar-refractivity contribution in [3.63, 3.8) is 0 Å². The summed E-state index contributed by atoms with van der Waals surface area (Å²) in [7, 11) is 0. The molecule has 0 saturated carbocycles. The highest BCUT2D eigenvalue weighted by Crippen LogP contribution is 2.32. The first kappa shape index (κ1) is 24.4. The molecule has 0 bridgehead atoms. The molecule has 0 aliphatic heterocycles. The zero-order valence-corrected chi connectivity index (χ0v) is 23.0. The summed E-state index contributed by atoms with van der Waals surface area (Å²) >= 11 is 0. The van der Waals surface area contributed by atoms with E-state index in [4.69, 9.17) is 15.0 Å². The first-order valence-corrected chi connectivity index (χ1v) is 14.4. The zero-order chi connectivity index (χ0) is 27.9. The second-order valence-corrected chi connectivity index (χ2v) is 10.7. The average molecular weight is 538 g/mol. The minimum absolute atomic E-state index is 0.687. The first-order chi connectivity index (χ1) is 20.8. The van der Waals surface area contributed by atoms with Gasteiger partial charge < -0.3 is 0 Å². The van der Waals surface area contributed by atoms with Crippen LogP contribution in [0.15, 0.2) is 133 Å². The van der Waals surface area contributed by atoms with E-state index >= 15 is 0 Å². The maximum Gasteiger partial charge on any atom is 0.164 e. The third-order valence-electron chi connectivity index (χ3n) is 8.22. The van der Waals surface area contributed by atoms with E-state index in [2.05, 4.69) is 140 Å². The SMILES string of the molecule is C1=c2ccccc2=C(c2nc(-c3ccc(-c4cccc5ccccc45)cc3)nc(-c3cccc4ccccc34)n2)CC1. The molecule has 0 unspecified atom stereocenters. The zero-order valence-electron chi connectivity index (χ0n) is 23.0. The molecule has 3 heteroatoms. The van der Waals surface area contributed by atoms with Crippen molar-refractivity contribution in [2.75, 3.05) is 0 Å². The van der Waals surface area contributed by atoms with Crippen LogP contribution in [0.1, 0.15) is 18.7 Å². The summed E-state index contributed by atoms with van der Waals surface area (Å²) in [6, 6.07) is 46.9. The minimum atomic E-state index is 0.687. The number of hydrogen-bond acceptors (Lipinski definition) is 3. The Morgan fingerprint density at radius 3 is 1.79 bits per heavy atom. The minimum Gasteiger partial charge on any atom is -0.208 e. The van der Waals surface area contributed by atoms with Crippen LogP contribution in [0.4, 0.5) is 0 Å². The summed E-state index contributed by atoms with van der Waals surface area (Å²) in [4.78, 5) is 15.3. The molecule has 1 aromatic heterocycles. The molecule has 0 saturated heterocycles. The molecule has 7 aromatic rings. The second-order valence-electron chi connectivity index (χ2n) is 10.7. The van der Waals surface area contributed by atoms with Crippen LogP contribution in [0.25, 0.3) is 67.1 Å². The van der Waals surface area contributed by atoms with Gasteiger partial charge in [-0.05, 0) is 56.0 Å². The highest BCUT2D eigenvalue weighted by atomic mass is 15.0. The molecule has 1 aliphatic carbocycles. The fourth-order valence-electron chi connectivity index (χ4n) is 6.15. The fraction of sp³-hybridized carbons (Fsp3) is 0.0513. The van der Waals surface area contributed by atoms with Crippen molar-refractivity contribution in [1.82, 2.24) is 15.0 Å². The van der Waals surface area contributed by atoms with Gasteiger partial charge in [0, 0.05) is 16.7 Å². The van der Waals surface area contributed by atoms with Gasteiger partial charge >= 0.3 is 0 Å². The van der Waals surface area contributed by atoms with Crippen molar-refractivity contribution in [3.8, 4) is 33.9 Å². The lowest BCUT2D eigenvalue weighted by molar-refractivity contribution is 0.982. The van der Waals surface area contributed by atoms with E-state index in [1.807, 2.05) is 0 Å². The van der Waals surface area contributed by atoms with Crippen molar-refractivity contribution < 1.29 is 0 Å². The van der Waals surface area contributed by atoms with Crippen LogP contribution >= 0.6 is 0 Å². The molecule has 0 radical (unpaired) electrons. The van der Waals surface area contributed by atoms with Crippen LogP contribution in [0, 0.1) is 0 Å². The van der Waals surface area contributed by atoms with Gasteiger partial charge in [0.2, 0.25) is 0 Å². The van der Waals surface area contributed by atoms with Crippen LogP contribution < -0.4 is 10.4 Å². The number of nitrogens with zero attached hydrogens (tertiary/aromatic N) is 3. The average Bonchev–Trinajstić information content (AvgIpc) is 3.07. The summed E-state index contributed by atoms with van der Waals surface area (Å²) in [5.74, 6) is 2.14. The second kappa shape index (κ2) is 10.2. The van der Waals surface area contributed by atoms with E-state index in [9.17, 15) is 0 Å². The Labute approximate surface area is 244 Å². The lowest BCUT2D eigenvalue weighted by Gasteiger charge is -2.14. The topological polar surface area (TPSA) is 38.7 Å². The third-order valence-corrected chi connectivity index (χ3v) is 8.22. The van der Waals surface area contributed by atoms with E-state index in [1.54, 1.807) is 0 Å². The predicted octanol–water partition coefficient (Wildman–Crippen LogP) is 7.95. The highest BCUT2D eigenvalue weighted by molar-refractivity contribution is 5.97. The Kier molecular flexibility index (Phi) is 5.93. The Hall–Kier alpha value is -5.41. The van der Waals surface area contributed by atoms with Gasteiger partial charge in [-0.15, -0.1) is 0 Å². The van der Waals surface area contributed by atoms with Crippen molar-refractivity contribution >= 4 is 33.2 Å². The van der Waals surface area contributed by atoms with E-state index in [1.165, 1.54) is 43.3 Å². The van der Waals surface area contributed by atoms with Crippen LogP contribution in [0.2, 0.25) is 0 Å². The van der Waals surface area contributed by atoms with Crippen molar-refractivity contribution in [2.45, 2.75) is 12.8 Å². The van der Waals surface area contributed by atoms with Gasteiger partial charge in [0.15, 0.2) is 17.5 Å². The fourth-order valence-corrected chi connectivity index (χ4v) is 6.15. The molecule has 3 nitrogen and oxygen atoms in total. The molecule has 1 heterocycles. The number of benzene rings is 6. The molecule has 42 heavy (non-hydrogen) atoms. The normalized spacial score (nSPS) is 12.7. The van der Waals surface area contributed by atoms with Crippen LogP contribution in [-0.4, -0.2) is 15.0 Å². The molecule has 1 aliphatic rings. The molecule has 0 fully saturated rings. The third kappa shape index (κ3) is 4.27. The summed E-state index contributed by atoms with van der Waals surface area (Å²) in [5, 5.41) is 7.24. The van der Waals surface area contributed by atoms with E-state index in [0.29, 0.717) is 11.6 Å². The standard InChI is InChI=1S/C39H27N3/c1-4-16-31-26(10-1)13-7-19-32(31)29-22-24-30(25-23-29)37-40-38(35-20-8-14-27-11-2-5-17-33(27)35)42-39(41-37)36-21-9-15-28-12-3-6-18-34(28)36/h1-8,10-20,22-25H,9,21H2. The van der Waals surface area contributed by atoms with Gasteiger partial charge in [-0.25, -0.2) is 15.0 Å². The Bertz CT molecular complexity index is 2240.